The first-order valence-corrected chi connectivity index (χ1v) is 7.05. The third-order valence-electron chi connectivity index (χ3n) is 4.76. The molecule has 1 aliphatic carbocycles. The predicted octanol–water partition coefficient (Wildman–Crippen LogP) is 2.23. The molecule has 0 radical (unpaired) electrons. The lowest BCUT2D eigenvalue weighted by Gasteiger charge is -2.34. The lowest BCUT2D eigenvalue weighted by atomic mass is 9.87. The van der Waals surface area contributed by atoms with Crippen LogP contribution in [0.1, 0.15) is 30.1 Å². The number of carbonyl (C=O) groups excluding carboxylic acids is 1. The Morgan fingerprint density at radius 2 is 2.10 bits per heavy atom. The number of nitrogens with zero attached hydrogens (tertiary/aromatic N) is 2. The molecular formula is C15H18N2O4. The fourth-order valence-corrected chi connectivity index (χ4v) is 3.59. The smallest absolute Gasteiger partial charge is 0.338 e. The molecular weight excluding hydrogens is 272 g/mol. The molecule has 6 heteroatoms. The molecule has 2 bridgehead atoms. The van der Waals surface area contributed by atoms with E-state index in [1.807, 2.05) is 0 Å². The zero-order valence-electron chi connectivity index (χ0n) is 12.1. The topological polar surface area (TPSA) is 72.7 Å². The van der Waals surface area contributed by atoms with Crippen molar-refractivity contribution in [2.45, 2.75) is 31.9 Å². The zero-order valence-corrected chi connectivity index (χ0v) is 12.1. The molecule has 1 saturated carbocycles. The van der Waals surface area contributed by atoms with Gasteiger partial charge in [-0.3, -0.25) is 10.1 Å². The van der Waals surface area contributed by atoms with Crippen molar-refractivity contribution in [1.29, 1.82) is 0 Å². The summed E-state index contributed by atoms with van der Waals surface area (Å²) in [4.78, 5) is 24.6. The molecule has 1 aliphatic heterocycles. The van der Waals surface area contributed by atoms with Crippen LogP contribution in [-0.4, -0.2) is 41.5 Å². The van der Waals surface area contributed by atoms with E-state index in [0.717, 1.165) is 19.4 Å². The molecule has 21 heavy (non-hydrogen) atoms. The Balaban J connectivity index is 1.69. The number of hydrogen-bond donors (Lipinski definition) is 0. The minimum atomic E-state index is -0.484. The number of benzene rings is 1. The van der Waals surface area contributed by atoms with Crippen LogP contribution in [0.3, 0.4) is 0 Å². The molecule has 0 aromatic heterocycles. The number of nitro benzene ring substituents is 1. The summed E-state index contributed by atoms with van der Waals surface area (Å²) in [5.74, 6) is -0.397. The summed E-state index contributed by atoms with van der Waals surface area (Å²) in [6.45, 7) is 3.10. The minimum absolute atomic E-state index is 0.0237. The van der Waals surface area contributed by atoms with Gasteiger partial charge in [0.2, 0.25) is 0 Å². The second-order valence-corrected chi connectivity index (χ2v) is 6.36. The number of non-ortho nitro benzene ring substituents is 1. The summed E-state index contributed by atoms with van der Waals surface area (Å²) >= 11 is 0. The lowest BCUT2D eigenvalue weighted by molar-refractivity contribution is -0.384. The number of carbonyl (C=O) groups is 1. The van der Waals surface area contributed by atoms with E-state index in [1.165, 1.54) is 24.3 Å². The maximum absolute atomic E-state index is 12.2. The van der Waals surface area contributed by atoms with Crippen molar-refractivity contribution in [2.75, 3.05) is 13.6 Å². The van der Waals surface area contributed by atoms with Crippen LogP contribution in [-0.2, 0) is 4.74 Å². The van der Waals surface area contributed by atoms with E-state index in [9.17, 15) is 14.9 Å². The van der Waals surface area contributed by atoms with E-state index in [-0.39, 0.29) is 17.2 Å². The number of hydrogen-bond acceptors (Lipinski definition) is 5. The number of nitro groups is 1. The van der Waals surface area contributed by atoms with Crippen LogP contribution < -0.4 is 0 Å². The fraction of sp³-hybridized carbons (Fsp3) is 0.533. The zero-order chi connectivity index (χ0) is 15.2. The van der Waals surface area contributed by atoms with Crippen LogP contribution >= 0.6 is 0 Å². The van der Waals surface area contributed by atoms with Gasteiger partial charge in [-0.2, -0.15) is 0 Å². The summed E-state index contributed by atoms with van der Waals surface area (Å²) in [6, 6.07) is 6.04. The van der Waals surface area contributed by atoms with Crippen molar-refractivity contribution in [3.05, 3.63) is 39.9 Å². The summed E-state index contributed by atoms with van der Waals surface area (Å²) < 4.78 is 5.65. The van der Waals surface area contributed by atoms with Crippen LogP contribution in [0.2, 0.25) is 0 Å². The van der Waals surface area contributed by atoms with Crippen LogP contribution in [0.4, 0.5) is 5.69 Å². The molecule has 112 valence electrons. The fourth-order valence-electron chi connectivity index (χ4n) is 3.59. The summed E-state index contributed by atoms with van der Waals surface area (Å²) in [5.41, 5.74) is 0.357. The quantitative estimate of drug-likeness (QED) is 0.485. The number of ether oxygens (including phenoxy) is 1. The first-order valence-electron chi connectivity index (χ1n) is 7.05. The van der Waals surface area contributed by atoms with Crippen molar-refractivity contribution in [2.24, 2.45) is 5.41 Å². The van der Waals surface area contributed by atoms with Gasteiger partial charge < -0.3 is 9.64 Å². The molecule has 3 atom stereocenters. The number of esters is 1. The second kappa shape index (κ2) is 4.80. The van der Waals surface area contributed by atoms with Gasteiger partial charge in [0, 0.05) is 36.6 Å². The van der Waals surface area contributed by atoms with Crippen LogP contribution in [0.25, 0.3) is 0 Å². The Bertz CT molecular complexity index is 582. The van der Waals surface area contributed by atoms with Gasteiger partial charge in [-0.15, -0.1) is 0 Å². The highest BCUT2D eigenvalue weighted by Gasteiger charge is 2.53. The third-order valence-corrected chi connectivity index (χ3v) is 4.76. The molecule has 2 aliphatic rings. The SMILES string of the molecule is CN1C[C@@]2(C)CC1C[C@H]2OC(=O)c1ccc([N+](=O)[O-])cc1. The van der Waals surface area contributed by atoms with Gasteiger partial charge in [-0.1, -0.05) is 6.92 Å². The van der Waals surface area contributed by atoms with Gasteiger partial charge in [0.15, 0.2) is 0 Å². The molecule has 1 saturated heterocycles. The Kier molecular flexibility index (Phi) is 3.20. The molecule has 6 nitrogen and oxygen atoms in total. The third kappa shape index (κ3) is 2.40. The normalized spacial score (nSPS) is 31.3. The Morgan fingerprint density at radius 1 is 1.43 bits per heavy atom. The number of likely N-dealkylation sites (tertiary alicyclic amines) is 1. The van der Waals surface area contributed by atoms with Gasteiger partial charge in [-0.25, -0.2) is 4.79 Å². The van der Waals surface area contributed by atoms with Crippen LogP contribution in [0.15, 0.2) is 24.3 Å². The number of rotatable bonds is 3. The molecule has 0 amide bonds. The van der Waals surface area contributed by atoms with E-state index in [2.05, 4.69) is 18.9 Å². The van der Waals surface area contributed by atoms with Crippen molar-refractivity contribution in [1.82, 2.24) is 4.90 Å². The monoisotopic (exact) mass is 290 g/mol. The van der Waals surface area contributed by atoms with Crippen molar-refractivity contribution in [3.63, 3.8) is 0 Å². The van der Waals surface area contributed by atoms with Crippen molar-refractivity contribution >= 4 is 11.7 Å². The van der Waals surface area contributed by atoms with Crippen molar-refractivity contribution in [3.8, 4) is 0 Å². The van der Waals surface area contributed by atoms with Gasteiger partial charge in [0.1, 0.15) is 6.10 Å². The second-order valence-electron chi connectivity index (χ2n) is 6.36. The molecule has 3 rings (SSSR count). The van der Waals surface area contributed by atoms with Gasteiger partial charge in [0.25, 0.3) is 5.69 Å². The van der Waals surface area contributed by atoms with Crippen LogP contribution in [0.5, 0.6) is 0 Å². The van der Waals surface area contributed by atoms with E-state index < -0.39 is 10.9 Å². The molecule has 0 spiro atoms. The maximum Gasteiger partial charge on any atom is 0.338 e. The van der Waals surface area contributed by atoms with E-state index in [0.29, 0.717) is 11.6 Å². The first-order chi connectivity index (χ1) is 9.89. The summed E-state index contributed by atoms with van der Waals surface area (Å²) in [6.07, 6.45) is 1.86. The molecule has 0 N–H and O–H groups in total. The van der Waals surface area contributed by atoms with E-state index in [1.54, 1.807) is 0 Å². The Labute approximate surface area is 122 Å². The first kappa shape index (κ1) is 14.0. The molecule has 1 aromatic rings. The highest BCUT2D eigenvalue weighted by molar-refractivity contribution is 5.89. The standard InChI is InChI=1S/C15H18N2O4/c1-15-8-12(16(2)9-15)7-13(15)21-14(18)10-3-5-11(6-4-10)17(19)20/h3-6,12-13H,7-9H2,1-2H3/t12?,13-,15-/m1/s1. The average molecular weight is 290 g/mol. The van der Waals surface area contributed by atoms with Gasteiger partial charge in [0.05, 0.1) is 10.5 Å². The molecule has 1 heterocycles. The highest BCUT2D eigenvalue weighted by Crippen LogP contribution is 2.48. The average Bonchev–Trinajstić information content (AvgIpc) is 2.90. The van der Waals surface area contributed by atoms with Gasteiger partial charge in [-0.05, 0) is 25.6 Å². The minimum Gasteiger partial charge on any atom is -0.458 e. The van der Waals surface area contributed by atoms with Gasteiger partial charge >= 0.3 is 5.97 Å². The summed E-state index contributed by atoms with van der Waals surface area (Å²) in [5, 5.41) is 10.6. The molecule has 1 unspecified atom stereocenters. The molecule has 2 fully saturated rings. The van der Waals surface area contributed by atoms with Crippen molar-refractivity contribution < 1.29 is 14.5 Å². The lowest BCUT2D eigenvalue weighted by Crippen LogP contribution is -2.42. The Morgan fingerprint density at radius 3 is 2.57 bits per heavy atom. The van der Waals surface area contributed by atoms with E-state index in [4.69, 9.17) is 4.74 Å². The van der Waals surface area contributed by atoms with E-state index >= 15 is 0 Å². The van der Waals surface area contributed by atoms with Crippen LogP contribution in [0, 0.1) is 15.5 Å². The highest BCUT2D eigenvalue weighted by atomic mass is 16.6. The predicted molar refractivity (Wildman–Crippen MR) is 76.1 cm³/mol. The Hall–Kier alpha value is -1.95. The maximum atomic E-state index is 12.2. The summed E-state index contributed by atoms with van der Waals surface area (Å²) in [7, 11) is 2.10. The largest absolute Gasteiger partial charge is 0.458 e. The molecule has 1 aromatic carbocycles. The number of fused-ring (bicyclic) bond motifs is 2. The number of piperidine rings is 1.